The molecular weight excluding hydrogens is 292 g/mol. The molecule has 2 heterocycles. The lowest BCUT2D eigenvalue weighted by molar-refractivity contribution is -0.130. The summed E-state index contributed by atoms with van der Waals surface area (Å²) < 4.78 is 5.32. The number of nitrogens with two attached hydrogens (primary N) is 1. The summed E-state index contributed by atoms with van der Waals surface area (Å²) in [5.74, 6) is -0.453. The Morgan fingerprint density at radius 2 is 2.43 bits per heavy atom. The average Bonchev–Trinajstić information content (AvgIpc) is 2.97. The Morgan fingerprint density at radius 3 is 3.05 bits per heavy atom. The van der Waals surface area contributed by atoms with Crippen molar-refractivity contribution in [2.75, 3.05) is 26.3 Å². The SMILES string of the molecule is CCNC(=O)C1COCCN1C(=O)c1csc(C(C)N)n1. The number of amides is 2. The number of aromatic nitrogens is 1. The van der Waals surface area contributed by atoms with Gasteiger partial charge < -0.3 is 20.7 Å². The minimum Gasteiger partial charge on any atom is -0.377 e. The number of rotatable bonds is 4. The van der Waals surface area contributed by atoms with E-state index in [4.69, 9.17) is 10.5 Å². The number of carbonyl (C=O) groups is 2. The third-order valence-corrected chi connectivity index (χ3v) is 4.22. The smallest absolute Gasteiger partial charge is 0.274 e. The van der Waals surface area contributed by atoms with Crippen LogP contribution in [0.2, 0.25) is 0 Å². The van der Waals surface area contributed by atoms with Crippen molar-refractivity contribution < 1.29 is 14.3 Å². The summed E-state index contributed by atoms with van der Waals surface area (Å²) in [5.41, 5.74) is 6.10. The van der Waals surface area contributed by atoms with Crippen LogP contribution in [0.25, 0.3) is 0 Å². The molecule has 3 N–H and O–H groups in total. The van der Waals surface area contributed by atoms with Crippen LogP contribution in [0.5, 0.6) is 0 Å². The second kappa shape index (κ2) is 6.97. The van der Waals surface area contributed by atoms with E-state index in [2.05, 4.69) is 10.3 Å². The van der Waals surface area contributed by atoms with Crippen molar-refractivity contribution in [1.82, 2.24) is 15.2 Å². The van der Waals surface area contributed by atoms with Gasteiger partial charge in [0.25, 0.3) is 5.91 Å². The van der Waals surface area contributed by atoms with E-state index in [9.17, 15) is 9.59 Å². The number of hydrogen-bond donors (Lipinski definition) is 2. The molecule has 2 unspecified atom stereocenters. The predicted octanol–water partition coefficient (Wildman–Crippen LogP) is 0.140. The van der Waals surface area contributed by atoms with Crippen molar-refractivity contribution in [2.24, 2.45) is 5.73 Å². The fourth-order valence-corrected chi connectivity index (χ4v) is 2.85. The fraction of sp³-hybridized carbons (Fsp3) is 0.615. The van der Waals surface area contributed by atoms with Gasteiger partial charge in [0.15, 0.2) is 0 Å². The van der Waals surface area contributed by atoms with E-state index in [1.165, 1.54) is 16.2 Å². The topological polar surface area (TPSA) is 97.5 Å². The van der Waals surface area contributed by atoms with E-state index >= 15 is 0 Å². The van der Waals surface area contributed by atoms with E-state index < -0.39 is 6.04 Å². The van der Waals surface area contributed by atoms with Crippen LogP contribution < -0.4 is 11.1 Å². The molecule has 2 amide bonds. The highest BCUT2D eigenvalue weighted by atomic mass is 32.1. The van der Waals surface area contributed by atoms with E-state index in [1.807, 2.05) is 13.8 Å². The van der Waals surface area contributed by atoms with E-state index in [0.717, 1.165) is 0 Å². The zero-order chi connectivity index (χ0) is 15.4. The lowest BCUT2D eigenvalue weighted by Crippen LogP contribution is -2.55. The number of ether oxygens (including phenoxy) is 1. The van der Waals surface area contributed by atoms with E-state index in [0.29, 0.717) is 30.4 Å². The Labute approximate surface area is 127 Å². The zero-order valence-corrected chi connectivity index (χ0v) is 13.0. The second-order valence-electron chi connectivity index (χ2n) is 4.84. The molecule has 1 aliphatic rings. The molecule has 0 bridgehead atoms. The van der Waals surface area contributed by atoms with Gasteiger partial charge in [0.2, 0.25) is 5.91 Å². The van der Waals surface area contributed by atoms with E-state index in [-0.39, 0.29) is 24.5 Å². The first-order valence-corrected chi connectivity index (χ1v) is 7.80. The standard InChI is InChI=1S/C13H20N4O3S/c1-3-15-11(18)10-6-20-5-4-17(10)13(19)9-7-21-12(16-9)8(2)14/h7-8,10H,3-6,14H2,1-2H3,(H,15,18). The number of nitrogens with zero attached hydrogens (tertiary/aromatic N) is 2. The molecule has 2 atom stereocenters. The van der Waals surface area contributed by atoms with Gasteiger partial charge in [-0.3, -0.25) is 9.59 Å². The third-order valence-electron chi connectivity index (χ3n) is 3.17. The van der Waals surface area contributed by atoms with Gasteiger partial charge in [0.05, 0.1) is 19.3 Å². The molecule has 1 aliphatic heterocycles. The number of hydrogen-bond acceptors (Lipinski definition) is 6. The first kappa shape index (κ1) is 15.9. The number of morpholine rings is 1. The highest BCUT2D eigenvalue weighted by molar-refractivity contribution is 7.09. The number of nitrogens with one attached hydrogen (secondary N) is 1. The van der Waals surface area contributed by atoms with Gasteiger partial charge in [-0.2, -0.15) is 0 Å². The van der Waals surface area contributed by atoms with Crippen molar-refractivity contribution >= 4 is 23.2 Å². The van der Waals surface area contributed by atoms with Gasteiger partial charge in [-0.25, -0.2) is 4.98 Å². The maximum atomic E-state index is 12.5. The first-order valence-electron chi connectivity index (χ1n) is 6.92. The van der Waals surface area contributed by atoms with Crippen LogP contribution >= 0.6 is 11.3 Å². The van der Waals surface area contributed by atoms with Crippen molar-refractivity contribution in [3.63, 3.8) is 0 Å². The summed E-state index contributed by atoms with van der Waals surface area (Å²) in [6, 6.07) is -0.813. The summed E-state index contributed by atoms with van der Waals surface area (Å²) in [6.45, 7) is 5.19. The van der Waals surface area contributed by atoms with Crippen molar-refractivity contribution in [3.8, 4) is 0 Å². The third kappa shape index (κ3) is 3.58. The lowest BCUT2D eigenvalue weighted by Gasteiger charge is -2.34. The molecule has 7 nitrogen and oxygen atoms in total. The van der Waals surface area contributed by atoms with Crippen LogP contribution in [0.4, 0.5) is 0 Å². The minimum absolute atomic E-state index is 0.201. The molecule has 0 saturated carbocycles. The summed E-state index contributed by atoms with van der Waals surface area (Å²) in [6.07, 6.45) is 0. The van der Waals surface area contributed by atoms with Gasteiger partial charge in [0, 0.05) is 18.5 Å². The Kier molecular flexibility index (Phi) is 5.27. The van der Waals surface area contributed by atoms with Crippen molar-refractivity contribution in [3.05, 3.63) is 16.1 Å². The monoisotopic (exact) mass is 312 g/mol. The molecule has 0 radical (unpaired) electrons. The molecule has 0 aromatic carbocycles. The fourth-order valence-electron chi connectivity index (χ4n) is 2.10. The molecule has 2 rings (SSSR count). The Morgan fingerprint density at radius 1 is 1.67 bits per heavy atom. The van der Waals surface area contributed by atoms with E-state index in [1.54, 1.807) is 5.38 Å². The highest BCUT2D eigenvalue weighted by Gasteiger charge is 2.34. The molecule has 116 valence electrons. The van der Waals surface area contributed by atoms with Crippen LogP contribution in [0, 0.1) is 0 Å². The largest absolute Gasteiger partial charge is 0.377 e. The summed E-state index contributed by atoms with van der Waals surface area (Å²) >= 11 is 1.35. The quantitative estimate of drug-likeness (QED) is 0.824. The number of thiazole rings is 1. The maximum Gasteiger partial charge on any atom is 0.274 e. The van der Waals surface area contributed by atoms with Crippen molar-refractivity contribution in [2.45, 2.75) is 25.9 Å². The Bertz CT molecular complexity index is 517. The molecule has 0 spiro atoms. The summed E-state index contributed by atoms with van der Waals surface area (Å²) in [4.78, 5) is 30.4. The molecule has 1 aromatic rings. The minimum atomic E-state index is -0.605. The molecular formula is C13H20N4O3S. The van der Waals surface area contributed by atoms with Gasteiger partial charge in [-0.15, -0.1) is 11.3 Å². The van der Waals surface area contributed by atoms with Gasteiger partial charge in [-0.05, 0) is 13.8 Å². The van der Waals surface area contributed by atoms with Crippen LogP contribution in [-0.4, -0.2) is 54.0 Å². The summed E-state index contributed by atoms with van der Waals surface area (Å²) in [7, 11) is 0. The zero-order valence-electron chi connectivity index (χ0n) is 12.2. The number of carbonyl (C=O) groups excluding carboxylic acids is 2. The summed E-state index contributed by atoms with van der Waals surface area (Å²) in [5, 5.41) is 5.12. The Hall–Kier alpha value is -1.51. The molecule has 0 aliphatic carbocycles. The second-order valence-corrected chi connectivity index (χ2v) is 5.73. The molecule has 1 fully saturated rings. The number of likely N-dealkylation sites (N-methyl/N-ethyl adjacent to an activating group) is 1. The van der Waals surface area contributed by atoms with Gasteiger partial charge in [-0.1, -0.05) is 0 Å². The normalized spacial score (nSPS) is 20.1. The lowest BCUT2D eigenvalue weighted by atomic mass is 10.2. The highest BCUT2D eigenvalue weighted by Crippen LogP contribution is 2.19. The van der Waals surface area contributed by atoms with Crippen LogP contribution in [0.15, 0.2) is 5.38 Å². The molecule has 8 heteroatoms. The average molecular weight is 312 g/mol. The van der Waals surface area contributed by atoms with Gasteiger partial charge in [0.1, 0.15) is 16.7 Å². The predicted molar refractivity (Wildman–Crippen MR) is 79.0 cm³/mol. The Balaban J connectivity index is 2.15. The van der Waals surface area contributed by atoms with Crippen molar-refractivity contribution in [1.29, 1.82) is 0 Å². The van der Waals surface area contributed by atoms with Crippen LogP contribution in [-0.2, 0) is 9.53 Å². The van der Waals surface area contributed by atoms with Gasteiger partial charge >= 0.3 is 0 Å². The first-order chi connectivity index (χ1) is 10.0. The molecule has 21 heavy (non-hydrogen) atoms. The maximum absolute atomic E-state index is 12.5. The van der Waals surface area contributed by atoms with Crippen LogP contribution in [0.1, 0.15) is 35.4 Å². The van der Waals surface area contributed by atoms with Crippen LogP contribution in [0.3, 0.4) is 0 Å². The molecule has 1 aromatic heterocycles. The molecule has 1 saturated heterocycles.